The fourth-order valence-corrected chi connectivity index (χ4v) is 1.99. The van der Waals surface area contributed by atoms with Crippen LogP contribution < -0.4 is 5.32 Å². The van der Waals surface area contributed by atoms with Crippen molar-refractivity contribution in [2.24, 2.45) is 0 Å². The van der Waals surface area contributed by atoms with Gasteiger partial charge in [0.1, 0.15) is 0 Å². The van der Waals surface area contributed by atoms with E-state index >= 15 is 0 Å². The van der Waals surface area contributed by atoms with Crippen molar-refractivity contribution < 1.29 is 14.7 Å². The fourth-order valence-electron chi connectivity index (χ4n) is 1.99. The third kappa shape index (κ3) is 23.3. The van der Waals surface area contributed by atoms with Crippen molar-refractivity contribution in [1.82, 2.24) is 5.32 Å². The second kappa shape index (κ2) is 20.9. The molecule has 0 saturated carbocycles. The summed E-state index contributed by atoms with van der Waals surface area (Å²) in [6.07, 6.45) is 11.6. The number of amides is 1. The number of hydrogen-bond donors (Lipinski definition) is 2. The molecule has 4 nitrogen and oxygen atoms in total. The van der Waals surface area contributed by atoms with Crippen LogP contribution in [0.15, 0.2) is 0 Å². The van der Waals surface area contributed by atoms with E-state index in [0.717, 1.165) is 12.8 Å². The normalized spacial score (nSPS) is 9.38. The zero-order chi connectivity index (χ0) is 14.3. The van der Waals surface area contributed by atoms with Crippen LogP contribution in [-0.2, 0) is 9.59 Å². The van der Waals surface area contributed by atoms with E-state index in [4.69, 9.17) is 5.11 Å². The number of carbonyl (C=O) groups excluding carboxylic acids is 1. The number of carbonyl (C=O) groups is 2. The van der Waals surface area contributed by atoms with Crippen LogP contribution in [0.2, 0.25) is 0 Å². The predicted molar refractivity (Wildman–Crippen MR) is 91.4 cm³/mol. The van der Waals surface area contributed by atoms with Crippen LogP contribution in [0.4, 0.5) is 0 Å². The van der Waals surface area contributed by atoms with Crippen LogP contribution in [0.25, 0.3) is 0 Å². The molecule has 0 spiro atoms. The van der Waals surface area contributed by atoms with Crippen molar-refractivity contribution >= 4 is 71.0 Å². The van der Waals surface area contributed by atoms with Gasteiger partial charge >= 0.3 is 65.1 Å². The SMILES string of the molecule is CCCCCCCCCCCC(=O)NCCC(=O)O.[NaH].[NaH]. The summed E-state index contributed by atoms with van der Waals surface area (Å²) in [4.78, 5) is 21.6. The van der Waals surface area contributed by atoms with Gasteiger partial charge in [0.25, 0.3) is 0 Å². The molecule has 0 aromatic heterocycles. The zero-order valence-corrected chi connectivity index (χ0v) is 12.2. The van der Waals surface area contributed by atoms with Gasteiger partial charge in [-0.3, -0.25) is 9.59 Å². The molecule has 0 saturated heterocycles. The Labute approximate surface area is 173 Å². The number of unbranched alkanes of at least 4 members (excludes halogenated alkanes) is 8. The van der Waals surface area contributed by atoms with Crippen molar-refractivity contribution in [3.8, 4) is 0 Å². The summed E-state index contributed by atoms with van der Waals surface area (Å²) >= 11 is 0. The number of nitrogens with one attached hydrogen (secondary N) is 1. The quantitative estimate of drug-likeness (QED) is 0.404. The fraction of sp³-hybridized carbons (Fsp3) is 0.867. The minimum absolute atomic E-state index is 0. The molecule has 0 bridgehead atoms. The molecule has 0 aliphatic heterocycles. The Kier molecular flexibility index (Phi) is 26.7. The maximum absolute atomic E-state index is 11.3. The van der Waals surface area contributed by atoms with Gasteiger partial charge in [-0.25, -0.2) is 0 Å². The van der Waals surface area contributed by atoms with Crippen molar-refractivity contribution in [2.75, 3.05) is 6.54 Å². The first kappa shape index (κ1) is 26.8. The van der Waals surface area contributed by atoms with Gasteiger partial charge in [-0.15, -0.1) is 0 Å². The van der Waals surface area contributed by atoms with Gasteiger partial charge in [-0.05, 0) is 6.42 Å². The van der Waals surface area contributed by atoms with Crippen LogP contribution in [0.3, 0.4) is 0 Å². The van der Waals surface area contributed by atoms with Gasteiger partial charge in [0.05, 0.1) is 6.42 Å². The Balaban J connectivity index is -0.00000162. The molecule has 0 unspecified atom stereocenters. The van der Waals surface area contributed by atoms with Crippen LogP contribution in [-0.4, -0.2) is 82.6 Å². The number of carboxylic acids is 1. The van der Waals surface area contributed by atoms with Crippen LogP contribution in [0.5, 0.6) is 0 Å². The van der Waals surface area contributed by atoms with E-state index < -0.39 is 5.97 Å². The number of rotatable bonds is 13. The monoisotopic (exact) mass is 319 g/mol. The standard InChI is InChI=1S/C15H29NO3.2Na.2H/c1-2-3-4-5-6-7-8-9-10-11-14(17)16-13-12-15(18)19;;;;/h2-13H2,1H3,(H,16,17)(H,18,19);;;;. The Morgan fingerprint density at radius 1 is 0.810 bits per heavy atom. The molecule has 0 aliphatic rings. The van der Waals surface area contributed by atoms with Gasteiger partial charge in [0, 0.05) is 13.0 Å². The molecule has 6 heteroatoms. The average molecular weight is 319 g/mol. The molecule has 0 aromatic rings. The van der Waals surface area contributed by atoms with E-state index in [1.54, 1.807) is 0 Å². The van der Waals surface area contributed by atoms with E-state index in [9.17, 15) is 9.59 Å². The summed E-state index contributed by atoms with van der Waals surface area (Å²) in [5, 5.41) is 11.0. The molecule has 0 fully saturated rings. The Morgan fingerprint density at radius 3 is 1.76 bits per heavy atom. The van der Waals surface area contributed by atoms with E-state index in [-0.39, 0.29) is 78.0 Å². The van der Waals surface area contributed by atoms with Gasteiger partial charge in [-0.2, -0.15) is 0 Å². The van der Waals surface area contributed by atoms with Crippen LogP contribution in [0, 0.1) is 0 Å². The summed E-state index contributed by atoms with van der Waals surface area (Å²) in [7, 11) is 0. The predicted octanol–water partition coefficient (Wildman–Crippen LogP) is 2.20. The van der Waals surface area contributed by atoms with E-state index in [1.807, 2.05) is 0 Å². The van der Waals surface area contributed by atoms with Gasteiger partial charge < -0.3 is 10.4 Å². The minimum atomic E-state index is -0.872. The summed E-state index contributed by atoms with van der Waals surface area (Å²) in [5.41, 5.74) is 0. The second-order valence-electron chi connectivity index (χ2n) is 5.07. The summed E-state index contributed by atoms with van der Waals surface area (Å²) in [6.45, 7) is 2.47. The van der Waals surface area contributed by atoms with Gasteiger partial charge in [0.15, 0.2) is 0 Å². The molecular formula is C15H31NNa2O3. The van der Waals surface area contributed by atoms with Gasteiger partial charge in [0.2, 0.25) is 5.91 Å². The van der Waals surface area contributed by atoms with E-state index in [0.29, 0.717) is 6.42 Å². The Morgan fingerprint density at radius 2 is 1.29 bits per heavy atom. The number of carboxylic acid groups (broad SMARTS) is 1. The van der Waals surface area contributed by atoms with Crippen molar-refractivity contribution in [3.05, 3.63) is 0 Å². The van der Waals surface area contributed by atoms with Crippen LogP contribution >= 0.6 is 0 Å². The van der Waals surface area contributed by atoms with Crippen molar-refractivity contribution in [2.45, 2.75) is 77.6 Å². The van der Waals surface area contributed by atoms with Crippen LogP contribution in [0.1, 0.15) is 77.6 Å². The first-order valence-corrected chi connectivity index (χ1v) is 7.65. The molecule has 0 heterocycles. The molecule has 0 rings (SSSR count). The molecule has 0 aromatic carbocycles. The third-order valence-electron chi connectivity index (χ3n) is 3.17. The maximum atomic E-state index is 11.3. The Bertz CT molecular complexity index is 251. The van der Waals surface area contributed by atoms with Crippen molar-refractivity contribution in [1.29, 1.82) is 0 Å². The zero-order valence-electron chi connectivity index (χ0n) is 12.2. The Hall–Kier alpha value is 0.940. The molecular weight excluding hydrogens is 288 g/mol. The molecule has 1 amide bonds. The first-order valence-electron chi connectivity index (χ1n) is 7.65. The molecule has 0 radical (unpaired) electrons. The molecule has 0 atom stereocenters. The number of hydrogen-bond acceptors (Lipinski definition) is 2. The molecule has 0 aliphatic carbocycles. The third-order valence-corrected chi connectivity index (χ3v) is 3.17. The molecule has 2 N–H and O–H groups in total. The molecule has 116 valence electrons. The first-order chi connectivity index (χ1) is 9.16. The number of aliphatic carboxylic acids is 1. The second-order valence-corrected chi connectivity index (χ2v) is 5.07. The summed E-state index contributed by atoms with van der Waals surface area (Å²) < 4.78 is 0. The summed E-state index contributed by atoms with van der Waals surface area (Å²) in [5.74, 6) is -0.896. The summed E-state index contributed by atoms with van der Waals surface area (Å²) in [6, 6.07) is 0. The van der Waals surface area contributed by atoms with Crippen molar-refractivity contribution in [3.63, 3.8) is 0 Å². The average Bonchev–Trinajstić information content (AvgIpc) is 2.36. The van der Waals surface area contributed by atoms with E-state index in [1.165, 1.54) is 44.9 Å². The topological polar surface area (TPSA) is 66.4 Å². The molecule has 21 heavy (non-hydrogen) atoms. The van der Waals surface area contributed by atoms with E-state index in [2.05, 4.69) is 12.2 Å². The van der Waals surface area contributed by atoms with Gasteiger partial charge in [-0.1, -0.05) is 58.3 Å².